The molecule has 2 rings (SSSR count). The average molecular weight is 384 g/mol. The first-order valence-corrected chi connectivity index (χ1v) is 7.11. The molecule has 0 aromatic heterocycles. The Morgan fingerprint density at radius 1 is 1.05 bits per heavy atom. The third-order valence-electron chi connectivity index (χ3n) is 2.61. The standard InChI is InChI=1S/C13H7BrCl3FO/c14-8-5-11(18)7(4-10(8)16)13(19)6-2-1-3-9(15)12(6)17/h1-5,13,19H. The van der Waals surface area contributed by atoms with E-state index in [-0.39, 0.29) is 10.6 Å². The zero-order chi connectivity index (χ0) is 14.2. The molecule has 0 saturated carbocycles. The van der Waals surface area contributed by atoms with Crippen LogP contribution in [-0.2, 0) is 0 Å². The first-order valence-electron chi connectivity index (χ1n) is 5.18. The van der Waals surface area contributed by atoms with E-state index in [9.17, 15) is 9.50 Å². The second kappa shape index (κ2) is 5.98. The first-order chi connectivity index (χ1) is 8.91. The van der Waals surface area contributed by atoms with Crippen molar-refractivity contribution >= 4 is 50.7 Å². The number of aliphatic hydroxyl groups is 1. The van der Waals surface area contributed by atoms with Gasteiger partial charge in [-0.15, -0.1) is 0 Å². The van der Waals surface area contributed by atoms with E-state index in [1.807, 2.05) is 0 Å². The summed E-state index contributed by atoms with van der Waals surface area (Å²) in [5.41, 5.74) is 0.365. The molecule has 0 aliphatic carbocycles. The van der Waals surface area contributed by atoms with Crippen LogP contribution >= 0.6 is 50.7 Å². The monoisotopic (exact) mass is 382 g/mol. The van der Waals surface area contributed by atoms with Gasteiger partial charge in [0.1, 0.15) is 11.9 Å². The van der Waals surface area contributed by atoms with Crippen molar-refractivity contribution < 1.29 is 9.50 Å². The van der Waals surface area contributed by atoms with Crippen LogP contribution in [0.3, 0.4) is 0 Å². The fourth-order valence-corrected chi connectivity index (χ4v) is 2.55. The van der Waals surface area contributed by atoms with Gasteiger partial charge in [0.15, 0.2) is 0 Å². The summed E-state index contributed by atoms with van der Waals surface area (Å²) in [5.74, 6) is -0.584. The fraction of sp³-hybridized carbons (Fsp3) is 0.0769. The number of benzene rings is 2. The van der Waals surface area contributed by atoms with Crippen molar-refractivity contribution in [3.8, 4) is 0 Å². The minimum Gasteiger partial charge on any atom is -0.383 e. The fourth-order valence-electron chi connectivity index (χ4n) is 1.65. The van der Waals surface area contributed by atoms with Gasteiger partial charge in [-0.1, -0.05) is 46.9 Å². The molecule has 1 atom stereocenters. The largest absolute Gasteiger partial charge is 0.383 e. The zero-order valence-corrected chi connectivity index (χ0v) is 13.2. The second-order valence-electron chi connectivity index (χ2n) is 3.83. The maximum atomic E-state index is 13.9. The van der Waals surface area contributed by atoms with Crippen LogP contribution in [0.15, 0.2) is 34.8 Å². The molecular weight excluding hydrogens is 377 g/mol. The third-order valence-corrected chi connectivity index (χ3v) is 4.64. The molecule has 0 saturated heterocycles. The van der Waals surface area contributed by atoms with Gasteiger partial charge in [-0.25, -0.2) is 4.39 Å². The molecule has 0 aliphatic heterocycles. The van der Waals surface area contributed by atoms with Gasteiger partial charge < -0.3 is 5.11 Å². The van der Waals surface area contributed by atoms with Crippen molar-refractivity contribution in [1.82, 2.24) is 0 Å². The van der Waals surface area contributed by atoms with E-state index in [1.165, 1.54) is 12.1 Å². The summed E-state index contributed by atoms with van der Waals surface area (Å²) in [6.07, 6.45) is -1.24. The van der Waals surface area contributed by atoms with E-state index in [0.717, 1.165) is 0 Å². The molecular formula is C13H7BrCl3FO. The number of halogens is 5. The smallest absolute Gasteiger partial charge is 0.130 e. The Hall–Kier alpha value is -0.320. The van der Waals surface area contributed by atoms with Gasteiger partial charge in [-0.05, 0) is 34.1 Å². The Labute approximate surface area is 133 Å². The highest BCUT2D eigenvalue weighted by atomic mass is 79.9. The minimum absolute atomic E-state index is 0.0392. The van der Waals surface area contributed by atoms with Crippen LogP contribution in [0.5, 0.6) is 0 Å². The summed E-state index contributed by atoms with van der Waals surface area (Å²) in [4.78, 5) is 0. The van der Waals surface area contributed by atoms with Crippen LogP contribution in [0, 0.1) is 5.82 Å². The predicted molar refractivity (Wildman–Crippen MR) is 79.6 cm³/mol. The van der Waals surface area contributed by atoms with E-state index in [4.69, 9.17) is 34.8 Å². The van der Waals surface area contributed by atoms with Gasteiger partial charge in [0.05, 0.1) is 15.1 Å². The zero-order valence-electron chi connectivity index (χ0n) is 9.30. The topological polar surface area (TPSA) is 20.2 Å². The minimum atomic E-state index is -1.24. The highest BCUT2D eigenvalue weighted by Gasteiger charge is 2.20. The Morgan fingerprint density at radius 3 is 2.42 bits per heavy atom. The molecule has 100 valence electrons. The second-order valence-corrected chi connectivity index (χ2v) is 5.88. The molecule has 2 aromatic carbocycles. The molecule has 1 nitrogen and oxygen atoms in total. The maximum Gasteiger partial charge on any atom is 0.130 e. The molecule has 6 heteroatoms. The van der Waals surface area contributed by atoms with Crippen LogP contribution in [0.4, 0.5) is 4.39 Å². The number of rotatable bonds is 2. The predicted octanol–water partition coefficient (Wildman–Crippen LogP) is 5.63. The summed E-state index contributed by atoms with van der Waals surface area (Å²) in [6, 6.07) is 7.34. The van der Waals surface area contributed by atoms with Crippen LogP contribution in [0.25, 0.3) is 0 Å². The van der Waals surface area contributed by atoms with Crippen molar-refractivity contribution in [3.05, 3.63) is 66.8 Å². The van der Waals surface area contributed by atoms with Gasteiger partial charge in [0.25, 0.3) is 0 Å². The average Bonchev–Trinajstić information content (AvgIpc) is 2.36. The van der Waals surface area contributed by atoms with Crippen molar-refractivity contribution in [2.24, 2.45) is 0 Å². The highest BCUT2D eigenvalue weighted by molar-refractivity contribution is 9.10. The van der Waals surface area contributed by atoms with E-state index >= 15 is 0 Å². The van der Waals surface area contributed by atoms with Crippen molar-refractivity contribution in [2.45, 2.75) is 6.10 Å². The van der Waals surface area contributed by atoms with Crippen molar-refractivity contribution in [2.75, 3.05) is 0 Å². The van der Waals surface area contributed by atoms with Gasteiger partial charge >= 0.3 is 0 Å². The molecule has 2 aromatic rings. The van der Waals surface area contributed by atoms with Crippen LogP contribution in [0.1, 0.15) is 17.2 Å². The number of aliphatic hydroxyl groups excluding tert-OH is 1. The van der Waals surface area contributed by atoms with Gasteiger partial charge in [-0.3, -0.25) is 0 Å². The lowest BCUT2D eigenvalue weighted by molar-refractivity contribution is 0.215. The Kier molecular flexibility index (Phi) is 4.75. The van der Waals surface area contributed by atoms with Crippen molar-refractivity contribution in [1.29, 1.82) is 0 Å². The Balaban J connectivity index is 2.53. The van der Waals surface area contributed by atoms with Gasteiger partial charge in [-0.2, -0.15) is 0 Å². The number of hydrogen-bond acceptors (Lipinski definition) is 1. The lowest BCUT2D eigenvalue weighted by Gasteiger charge is -2.15. The summed E-state index contributed by atoms with van der Waals surface area (Å²) in [7, 11) is 0. The Morgan fingerprint density at radius 2 is 1.74 bits per heavy atom. The molecule has 0 bridgehead atoms. The van der Waals surface area contributed by atoms with E-state index < -0.39 is 11.9 Å². The van der Waals surface area contributed by atoms with E-state index in [0.29, 0.717) is 20.1 Å². The van der Waals surface area contributed by atoms with Crippen molar-refractivity contribution in [3.63, 3.8) is 0 Å². The summed E-state index contributed by atoms with van der Waals surface area (Å²) in [6.45, 7) is 0. The lowest BCUT2D eigenvalue weighted by Crippen LogP contribution is -2.04. The molecule has 0 fully saturated rings. The number of hydrogen-bond donors (Lipinski definition) is 1. The quantitative estimate of drug-likeness (QED) is 0.666. The van der Waals surface area contributed by atoms with Crippen LogP contribution in [-0.4, -0.2) is 5.11 Å². The SMILES string of the molecule is OC(c1cc(Cl)c(Br)cc1F)c1cccc(Cl)c1Cl. The van der Waals surface area contributed by atoms with E-state index in [1.54, 1.807) is 18.2 Å². The normalized spacial score (nSPS) is 12.5. The van der Waals surface area contributed by atoms with Gasteiger partial charge in [0, 0.05) is 15.6 Å². The molecule has 0 spiro atoms. The maximum absolute atomic E-state index is 13.9. The summed E-state index contributed by atoms with van der Waals surface area (Å²) in [5, 5.41) is 11.0. The Bertz CT molecular complexity index is 634. The molecule has 0 radical (unpaired) electrons. The van der Waals surface area contributed by atoms with Gasteiger partial charge in [0.2, 0.25) is 0 Å². The lowest BCUT2D eigenvalue weighted by atomic mass is 10.0. The molecule has 0 amide bonds. The molecule has 0 aliphatic rings. The molecule has 1 N–H and O–H groups in total. The summed E-state index contributed by atoms with van der Waals surface area (Å²) < 4.78 is 14.3. The van der Waals surface area contributed by atoms with E-state index in [2.05, 4.69) is 15.9 Å². The summed E-state index contributed by atoms with van der Waals surface area (Å²) >= 11 is 20.9. The molecule has 0 heterocycles. The first kappa shape index (κ1) is 15.1. The van der Waals surface area contributed by atoms with Crippen LogP contribution in [0.2, 0.25) is 15.1 Å². The third kappa shape index (κ3) is 3.06. The molecule has 1 unspecified atom stereocenters. The molecule has 19 heavy (non-hydrogen) atoms. The highest BCUT2D eigenvalue weighted by Crippen LogP contribution is 2.36. The van der Waals surface area contributed by atoms with Crippen LogP contribution < -0.4 is 0 Å².